The van der Waals surface area contributed by atoms with Gasteiger partial charge in [-0.05, 0) is 42.9 Å². The van der Waals surface area contributed by atoms with Crippen molar-refractivity contribution in [1.82, 2.24) is 19.7 Å². The lowest BCUT2D eigenvalue weighted by Gasteiger charge is -2.27. The average Bonchev–Trinajstić information content (AvgIpc) is 3.01. The molecule has 2 N–H and O–H groups in total. The highest BCUT2D eigenvalue weighted by atomic mass is 35.5. The van der Waals surface area contributed by atoms with E-state index in [0.29, 0.717) is 23.4 Å². The summed E-state index contributed by atoms with van der Waals surface area (Å²) < 4.78 is 1.83. The lowest BCUT2D eigenvalue weighted by molar-refractivity contribution is 0.0289. The molecule has 1 amide bonds. The van der Waals surface area contributed by atoms with Crippen molar-refractivity contribution >= 4 is 23.0 Å². The Balaban J connectivity index is 1.34. The zero-order valence-electron chi connectivity index (χ0n) is 13.8. The fourth-order valence-electron chi connectivity index (χ4n) is 4.40. The average molecular weight is 369 g/mol. The summed E-state index contributed by atoms with van der Waals surface area (Å²) in [4.78, 5) is 20.4. The molecule has 0 spiro atoms. The van der Waals surface area contributed by atoms with E-state index in [9.17, 15) is 9.90 Å². The van der Waals surface area contributed by atoms with Crippen LogP contribution in [0, 0.1) is 11.8 Å². The van der Waals surface area contributed by atoms with Crippen molar-refractivity contribution in [2.75, 3.05) is 0 Å². The van der Waals surface area contributed by atoms with Crippen molar-refractivity contribution in [3.05, 3.63) is 65.5 Å². The van der Waals surface area contributed by atoms with E-state index < -0.39 is 5.60 Å². The third-order valence-electron chi connectivity index (χ3n) is 5.69. The van der Waals surface area contributed by atoms with Crippen LogP contribution >= 0.6 is 11.6 Å². The van der Waals surface area contributed by atoms with Crippen molar-refractivity contribution < 1.29 is 9.90 Å². The topological polar surface area (TPSA) is 79.5 Å². The molecule has 2 unspecified atom stereocenters. The molecule has 5 rings (SSSR count). The molecule has 2 fully saturated rings. The normalized spacial score (nSPS) is 29.5. The number of nitrogens with zero attached hydrogens (tertiary/aromatic N) is 3. The molecule has 0 saturated heterocycles. The summed E-state index contributed by atoms with van der Waals surface area (Å²) in [5, 5.41) is 14.9. The molecule has 2 aliphatic rings. The number of carbonyl (C=O) groups is 1. The van der Waals surface area contributed by atoms with E-state index in [2.05, 4.69) is 15.3 Å². The van der Waals surface area contributed by atoms with Crippen LogP contribution in [-0.4, -0.2) is 31.4 Å². The molecule has 6 nitrogen and oxygen atoms in total. The predicted molar refractivity (Wildman–Crippen MR) is 95.8 cm³/mol. The van der Waals surface area contributed by atoms with Crippen LogP contribution in [0.1, 0.15) is 28.8 Å². The van der Waals surface area contributed by atoms with E-state index in [1.54, 1.807) is 43.2 Å². The number of pyridine rings is 2. The number of halogens is 1. The zero-order valence-corrected chi connectivity index (χ0v) is 14.6. The van der Waals surface area contributed by atoms with E-state index in [-0.39, 0.29) is 23.8 Å². The lowest BCUT2D eigenvalue weighted by atomic mass is 9.88. The van der Waals surface area contributed by atoms with Gasteiger partial charge in [0.1, 0.15) is 0 Å². The molecule has 0 bridgehead atoms. The minimum Gasteiger partial charge on any atom is -0.385 e. The summed E-state index contributed by atoms with van der Waals surface area (Å²) in [5.41, 5.74) is 1.31. The first-order chi connectivity index (χ1) is 12.5. The van der Waals surface area contributed by atoms with E-state index >= 15 is 0 Å². The van der Waals surface area contributed by atoms with Crippen molar-refractivity contribution in [2.24, 2.45) is 11.8 Å². The monoisotopic (exact) mass is 368 g/mol. The van der Waals surface area contributed by atoms with Gasteiger partial charge in [-0.3, -0.25) is 9.78 Å². The van der Waals surface area contributed by atoms with Gasteiger partial charge in [0.15, 0.2) is 0 Å². The van der Waals surface area contributed by atoms with Gasteiger partial charge in [-0.2, -0.15) is 0 Å². The molecule has 3 aromatic rings. The van der Waals surface area contributed by atoms with Gasteiger partial charge in [-0.1, -0.05) is 11.6 Å². The quantitative estimate of drug-likeness (QED) is 0.744. The van der Waals surface area contributed by atoms with Crippen LogP contribution in [0.2, 0.25) is 5.02 Å². The molecule has 0 aromatic carbocycles. The number of amides is 1. The van der Waals surface area contributed by atoms with Gasteiger partial charge in [0.25, 0.3) is 5.91 Å². The third-order valence-corrected chi connectivity index (χ3v) is 5.89. The standard InChI is InChI=1S/C19H17ClN4O2/c20-12-4-15(16-8-22-10-24(16)9-12)19(26)5-13-14(6-19)17(13)23-18(25)11-2-1-3-21-7-11/h1-4,7-10,13-14,17,26H,5-6H2,(H,23,25)/t13-,14+,17?,19?. The number of fused-ring (bicyclic) bond motifs is 2. The molecule has 26 heavy (non-hydrogen) atoms. The number of hydrogen-bond acceptors (Lipinski definition) is 4. The summed E-state index contributed by atoms with van der Waals surface area (Å²) in [6, 6.07) is 5.44. The van der Waals surface area contributed by atoms with Crippen LogP contribution in [0.5, 0.6) is 0 Å². The Morgan fingerprint density at radius 3 is 2.85 bits per heavy atom. The number of aliphatic hydroxyl groups is 1. The second kappa shape index (κ2) is 5.53. The Kier molecular flexibility index (Phi) is 3.36. The SMILES string of the molecule is O=C(NC1[C@H]2CC(O)(c3cc(Cl)cn4cncc34)C[C@@H]12)c1cccnc1. The van der Waals surface area contributed by atoms with Crippen LogP contribution in [-0.2, 0) is 5.60 Å². The summed E-state index contributed by atoms with van der Waals surface area (Å²) in [5.74, 6) is 0.451. The maximum absolute atomic E-state index is 12.3. The fourth-order valence-corrected chi connectivity index (χ4v) is 4.62. The number of rotatable bonds is 3. The Morgan fingerprint density at radius 1 is 1.31 bits per heavy atom. The molecule has 0 radical (unpaired) electrons. The maximum atomic E-state index is 12.3. The highest BCUT2D eigenvalue weighted by Gasteiger charge is 2.62. The van der Waals surface area contributed by atoms with E-state index in [1.165, 1.54) is 0 Å². The summed E-state index contributed by atoms with van der Waals surface area (Å²) in [6.07, 6.45) is 9.63. The van der Waals surface area contributed by atoms with Gasteiger partial charge >= 0.3 is 0 Å². The van der Waals surface area contributed by atoms with Crippen LogP contribution in [0.15, 0.2) is 49.3 Å². The Hall–Kier alpha value is -2.44. The summed E-state index contributed by atoms with van der Waals surface area (Å²) in [6.45, 7) is 0. The van der Waals surface area contributed by atoms with Gasteiger partial charge in [-0.25, -0.2) is 4.98 Å². The predicted octanol–water partition coefficient (Wildman–Crippen LogP) is 2.41. The Bertz CT molecular complexity index is 991. The number of carbonyl (C=O) groups excluding carboxylic acids is 1. The smallest absolute Gasteiger partial charge is 0.253 e. The van der Waals surface area contributed by atoms with Gasteiger partial charge < -0.3 is 14.8 Å². The van der Waals surface area contributed by atoms with Crippen LogP contribution in [0.4, 0.5) is 0 Å². The van der Waals surface area contributed by atoms with E-state index in [1.807, 2.05) is 10.5 Å². The Labute approximate surface area is 154 Å². The second-order valence-corrected chi connectivity index (χ2v) is 7.70. The molecule has 7 heteroatoms. The molecule has 0 aliphatic heterocycles. The van der Waals surface area contributed by atoms with Crippen molar-refractivity contribution in [2.45, 2.75) is 24.5 Å². The molecule has 132 valence electrons. The van der Waals surface area contributed by atoms with Crippen molar-refractivity contribution in [3.8, 4) is 0 Å². The van der Waals surface area contributed by atoms with Crippen molar-refractivity contribution in [1.29, 1.82) is 0 Å². The van der Waals surface area contributed by atoms with Crippen LogP contribution in [0.3, 0.4) is 0 Å². The molecule has 3 heterocycles. The lowest BCUT2D eigenvalue weighted by Crippen LogP contribution is -2.33. The number of hydrogen-bond donors (Lipinski definition) is 2. The molecular formula is C19H17ClN4O2. The van der Waals surface area contributed by atoms with Gasteiger partial charge in [-0.15, -0.1) is 0 Å². The Morgan fingerprint density at radius 2 is 2.12 bits per heavy atom. The van der Waals surface area contributed by atoms with Gasteiger partial charge in [0.05, 0.1) is 34.2 Å². The molecule has 3 aromatic heterocycles. The maximum Gasteiger partial charge on any atom is 0.253 e. The van der Waals surface area contributed by atoms with Gasteiger partial charge in [0.2, 0.25) is 0 Å². The molecule has 4 atom stereocenters. The van der Waals surface area contributed by atoms with E-state index in [4.69, 9.17) is 11.6 Å². The van der Waals surface area contributed by atoms with E-state index in [0.717, 1.165) is 11.1 Å². The summed E-state index contributed by atoms with van der Waals surface area (Å²) >= 11 is 6.21. The highest BCUT2D eigenvalue weighted by molar-refractivity contribution is 6.30. The first kappa shape index (κ1) is 15.8. The first-order valence-electron chi connectivity index (χ1n) is 8.60. The zero-order chi connectivity index (χ0) is 17.9. The number of aromatic nitrogens is 3. The van der Waals surface area contributed by atoms with Gasteiger partial charge in [0, 0.05) is 30.2 Å². The van der Waals surface area contributed by atoms with Crippen LogP contribution in [0.25, 0.3) is 5.52 Å². The summed E-state index contributed by atoms with van der Waals surface area (Å²) in [7, 11) is 0. The minimum atomic E-state index is -0.933. The minimum absolute atomic E-state index is 0.109. The molecule has 2 saturated carbocycles. The fraction of sp³-hybridized carbons (Fsp3) is 0.316. The third kappa shape index (κ3) is 2.40. The second-order valence-electron chi connectivity index (χ2n) is 7.27. The number of imidazole rings is 1. The van der Waals surface area contributed by atoms with Crippen LogP contribution < -0.4 is 5.32 Å². The highest BCUT2D eigenvalue weighted by Crippen LogP contribution is 2.60. The first-order valence-corrected chi connectivity index (χ1v) is 8.98. The molecular weight excluding hydrogens is 352 g/mol. The van der Waals surface area contributed by atoms with Crippen molar-refractivity contribution in [3.63, 3.8) is 0 Å². The largest absolute Gasteiger partial charge is 0.385 e. The molecule has 2 aliphatic carbocycles. The number of nitrogens with one attached hydrogen (secondary N) is 1.